The average Bonchev–Trinajstić information content (AvgIpc) is 2.47. The second-order valence-electron chi connectivity index (χ2n) is 6.64. The van der Waals surface area contributed by atoms with Crippen molar-refractivity contribution in [2.45, 2.75) is 64.5 Å². The van der Waals surface area contributed by atoms with Crippen LogP contribution in [-0.2, 0) is 9.59 Å². The molecule has 0 radical (unpaired) electrons. The van der Waals surface area contributed by atoms with Crippen molar-refractivity contribution in [3.05, 3.63) is 0 Å². The van der Waals surface area contributed by atoms with Crippen LogP contribution in [0.5, 0.6) is 0 Å². The lowest BCUT2D eigenvalue weighted by molar-refractivity contribution is -0.137. The molecule has 0 bridgehead atoms. The van der Waals surface area contributed by atoms with Crippen LogP contribution < -0.4 is 10.6 Å². The third kappa shape index (κ3) is 5.76. The molecule has 5 nitrogen and oxygen atoms in total. The van der Waals surface area contributed by atoms with Gasteiger partial charge in [-0.3, -0.25) is 9.59 Å². The summed E-state index contributed by atoms with van der Waals surface area (Å²) in [6, 6.07) is -0.0840. The van der Waals surface area contributed by atoms with Crippen LogP contribution in [0, 0.1) is 5.92 Å². The fourth-order valence-electron chi connectivity index (χ4n) is 3.42. The molecule has 2 atom stereocenters. The van der Waals surface area contributed by atoms with E-state index < -0.39 is 6.04 Å². The first kappa shape index (κ1) is 19.2. The molecule has 128 valence electrons. The molecule has 1 saturated carbocycles. The first-order valence-corrected chi connectivity index (χ1v) is 8.38. The van der Waals surface area contributed by atoms with E-state index in [0.29, 0.717) is 18.4 Å². The molecule has 2 unspecified atom stereocenters. The Bertz CT molecular complexity index is 372. The van der Waals surface area contributed by atoms with Crippen LogP contribution in [0.15, 0.2) is 0 Å². The summed E-state index contributed by atoms with van der Waals surface area (Å²) < 4.78 is 0. The molecule has 22 heavy (non-hydrogen) atoms. The van der Waals surface area contributed by atoms with Crippen molar-refractivity contribution in [1.29, 1.82) is 0 Å². The lowest BCUT2D eigenvalue weighted by Crippen LogP contribution is -2.56. The van der Waals surface area contributed by atoms with E-state index in [1.54, 1.807) is 6.92 Å². The smallest absolute Gasteiger partial charge is 0.244 e. The molecule has 2 aliphatic rings. The van der Waals surface area contributed by atoms with Crippen molar-refractivity contribution in [3.8, 4) is 0 Å². The number of nitrogens with one attached hydrogen (secondary N) is 2. The van der Waals surface area contributed by atoms with E-state index in [-0.39, 0.29) is 24.2 Å². The molecule has 0 aromatic carbocycles. The zero-order valence-electron chi connectivity index (χ0n) is 13.8. The highest BCUT2D eigenvalue weighted by molar-refractivity contribution is 5.87. The minimum absolute atomic E-state index is 0. The van der Waals surface area contributed by atoms with Crippen LogP contribution >= 0.6 is 12.4 Å². The average molecular weight is 332 g/mol. The summed E-state index contributed by atoms with van der Waals surface area (Å²) in [5, 5.41) is 6.21. The minimum atomic E-state index is -0.411. The van der Waals surface area contributed by atoms with E-state index in [0.717, 1.165) is 32.5 Å². The van der Waals surface area contributed by atoms with Crippen molar-refractivity contribution in [3.63, 3.8) is 0 Å². The van der Waals surface area contributed by atoms with E-state index in [1.807, 2.05) is 4.90 Å². The van der Waals surface area contributed by atoms with Gasteiger partial charge in [0.15, 0.2) is 0 Å². The molecule has 1 heterocycles. The molecule has 2 amide bonds. The van der Waals surface area contributed by atoms with Gasteiger partial charge in [0.25, 0.3) is 0 Å². The lowest BCUT2D eigenvalue weighted by atomic mass is 9.87. The Kier molecular flexibility index (Phi) is 8.18. The maximum absolute atomic E-state index is 12.4. The number of carbonyl (C=O) groups is 2. The standard InChI is InChI=1S/C16H29N3O2.ClH/c1-12-11-19(9-8-17-12)16(21)13(2)18-15(20)10-14-6-4-3-5-7-14;/h12-14,17H,3-11H2,1-2H3,(H,18,20);1H. The quantitative estimate of drug-likeness (QED) is 0.824. The van der Waals surface area contributed by atoms with Gasteiger partial charge in [-0.2, -0.15) is 0 Å². The molecule has 0 aromatic rings. The number of nitrogens with zero attached hydrogens (tertiary/aromatic N) is 1. The number of halogens is 1. The topological polar surface area (TPSA) is 61.4 Å². The molecular weight excluding hydrogens is 302 g/mol. The highest BCUT2D eigenvalue weighted by atomic mass is 35.5. The van der Waals surface area contributed by atoms with E-state index in [2.05, 4.69) is 17.6 Å². The van der Waals surface area contributed by atoms with Crippen molar-refractivity contribution < 1.29 is 9.59 Å². The third-order valence-electron chi connectivity index (χ3n) is 4.63. The van der Waals surface area contributed by atoms with Crippen molar-refractivity contribution in [1.82, 2.24) is 15.5 Å². The molecule has 1 aliphatic heterocycles. The molecule has 6 heteroatoms. The molecule has 2 fully saturated rings. The SMILES string of the molecule is CC1CN(C(=O)C(C)NC(=O)CC2CCCCC2)CCN1.Cl. The molecule has 0 spiro atoms. The number of hydrogen-bond donors (Lipinski definition) is 2. The first-order valence-electron chi connectivity index (χ1n) is 8.38. The fraction of sp³-hybridized carbons (Fsp3) is 0.875. The second-order valence-corrected chi connectivity index (χ2v) is 6.64. The number of rotatable bonds is 4. The third-order valence-corrected chi connectivity index (χ3v) is 4.63. The van der Waals surface area contributed by atoms with Crippen molar-refractivity contribution in [2.75, 3.05) is 19.6 Å². The summed E-state index contributed by atoms with van der Waals surface area (Å²) in [7, 11) is 0. The Hall–Kier alpha value is -0.810. The molecule has 1 saturated heterocycles. The Morgan fingerprint density at radius 2 is 1.95 bits per heavy atom. The number of hydrogen-bond acceptors (Lipinski definition) is 3. The molecule has 1 aliphatic carbocycles. The van der Waals surface area contributed by atoms with Crippen LogP contribution in [0.2, 0.25) is 0 Å². The summed E-state index contributed by atoms with van der Waals surface area (Å²) >= 11 is 0. The van der Waals surface area contributed by atoms with Gasteiger partial charge in [0.2, 0.25) is 11.8 Å². The Morgan fingerprint density at radius 1 is 1.27 bits per heavy atom. The maximum Gasteiger partial charge on any atom is 0.244 e. The summed E-state index contributed by atoms with van der Waals surface area (Å²) in [5.41, 5.74) is 0. The van der Waals surface area contributed by atoms with Crippen LogP contribution in [0.4, 0.5) is 0 Å². The zero-order valence-corrected chi connectivity index (χ0v) is 14.6. The highest BCUT2D eigenvalue weighted by Crippen LogP contribution is 2.26. The van der Waals surface area contributed by atoms with Gasteiger partial charge in [0.1, 0.15) is 6.04 Å². The number of amides is 2. The van der Waals surface area contributed by atoms with Crippen molar-refractivity contribution in [2.24, 2.45) is 5.92 Å². The van der Waals surface area contributed by atoms with Crippen LogP contribution in [0.25, 0.3) is 0 Å². The Labute approximate surface area is 140 Å². The highest BCUT2D eigenvalue weighted by Gasteiger charge is 2.26. The molecule has 2 rings (SSSR count). The van der Waals surface area contributed by atoms with Gasteiger partial charge in [-0.05, 0) is 32.6 Å². The van der Waals surface area contributed by atoms with Gasteiger partial charge >= 0.3 is 0 Å². The molecular formula is C16H30ClN3O2. The number of carbonyl (C=O) groups excluding carboxylic acids is 2. The number of piperazine rings is 1. The predicted octanol–water partition coefficient (Wildman–Crippen LogP) is 1.70. The van der Waals surface area contributed by atoms with E-state index in [1.165, 1.54) is 19.3 Å². The Morgan fingerprint density at radius 3 is 2.59 bits per heavy atom. The summed E-state index contributed by atoms with van der Waals surface area (Å²) in [4.78, 5) is 26.3. The largest absolute Gasteiger partial charge is 0.345 e. The van der Waals surface area contributed by atoms with Crippen LogP contribution in [-0.4, -0.2) is 48.4 Å². The maximum atomic E-state index is 12.4. The first-order chi connectivity index (χ1) is 10.1. The predicted molar refractivity (Wildman–Crippen MR) is 90.1 cm³/mol. The van der Waals surface area contributed by atoms with Gasteiger partial charge in [-0.25, -0.2) is 0 Å². The van der Waals surface area contributed by atoms with Gasteiger partial charge in [0, 0.05) is 32.1 Å². The fourth-order valence-corrected chi connectivity index (χ4v) is 3.42. The van der Waals surface area contributed by atoms with Gasteiger partial charge in [-0.1, -0.05) is 19.3 Å². The second kappa shape index (κ2) is 9.36. The van der Waals surface area contributed by atoms with Gasteiger partial charge in [-0.15, -0.1) is 12.4 Å². The summed E-state index contributed by atoms with van der Waals surface area (Å²) in [6.07, 6.45) is 6.68. The van der Waals surface area contributed by atoms with Crippen LogP contribution in [0.1, 0.15) is 52.4 Å². The normalized spacial score (nSPS) is 24.3. The van der Waals surface area contributed by atoms with Crippen LogP contribution in [0.3, 0.4) is 0 Å². The minimum Gasteiger partial charge on any atom is -0.345 e. The van der Waals surface area contributed by atoms with Gasteiger partial charge in [0.05, 0.1) is 0 Å². The van der Waals surface area contributed by atoms with Gasteiger partial charge < -0.3 is 15.5 Å². The monoisotopic (exact) mass is 331 g/mol. The summed E-state index contributed by atoms with van der Waals surface area (Å²) in [5.74, 6) is 0.589. The molecule has 2 N–H and O–H groups in total. The lowest BCUT2D eigenvalue weighted by Gasteiger charge is -2.33. The zero-order chi connectivity index (χ0) is 15.2. The Balaban J connectivity index is 0.00000242. The summed E-state index contributed by atoms with van der Waals surface area (Å²) in [6.45, 7) is 6.16. The van der Waals surface area contributed by atoms with Crippen molar-refractivity contribution >= 4 is 24.2 Å². The van der Waals surface area contributed by atoms with E-state index >= 15 is 0 Å². The van der Waals surface area contributed by atoms with E-state index in [9.17, 15) is 9.59 Å². The molecule has 0 aromatic heterocycles. The van der Waals surface area contributed by atoms with E-state index in [4.69, 9.17) is 0 Å².